The van der Waals surface area contributed by atoms with Gasteiger partial charge in [0.05, 0.1) is 29.0 Å². The molecular weight excluding hydrogens is 450 g/mol. The van der Waals surface area contributed by atoms with Gasteiger partial charge in [-0.3, -0.25) is 14.8 Å². The lowest BCUT2D eigenvalue weighted by atomic mass is 10.1. The zero-order valence-corrected chi connectivity index (χ0v) is 19.4. The Balaban J connectivity index is 1.28. The molecule has 0 atom stereocenters. The van der Waals surface area contributed by atoms with Gasteiger partial charge < -0.3 is 16.0 Å². The normalized spacial score (nSPS) is 10.4. The summed E-state index contributed by atoms with van der Waals surface area (Å²) in [4.78, 5) is 25.5. The van der Waals surface area contributed by atoms with Gasteiger partial charge in [0, 0.05) is 46.7 Å². The van der Waals surface area contributed by atoms with E-state index in [1.165, 1.54) is 0 Å². The lowest BCUT2D eigenvalue weighted by molar-refractivity contribution is 0.102. The zero-order chi connectivity index (χ0) is 24.9. The molecule has 5 rings (SSSR count). The zero-order valence-electron chi connectivity index (χ0n) is 19.4. The summed E-state index contributed by atoms with van der Waals surface area (Å²) in [6.45, 7) is 1.94. The van der Waals surface area contributed by atoms with E-state index < -0.39 is 0 Å². The van der Waals surface area contributed by atoms with Gasteiger partial charge in [-0.1, -0.05) is 0 Å². The Hall–Kier alpha value is -5.29. The van der Waals surface area contributed by atoms with Crippen molar-refractivity contribution in [3.05, 3.63) is 108 Å². The van der Waals surface area contributed by atoms with Crippen molar-refractivity contribution in [1.29, 1.82) is 5.26 Å². The molecule has 2 aromatic carbocycles. The molecule has 1 amide bonds. The van der Waals surface area contributed by atoms with E-state index in [0.717, 1.165) is 33.5 Å². The lowest BCUT2D eigenvalue weighted by Gasteiger charge is -2.12. The Labute approximate surface area is 207 Å². The maximum atomic E-state index is 12.8. The van der Waals surface area contributed by atoms with Crippen LogP contribution in [0.25, 0.3) is 10.9 Å². The van der Waals surface area contributed by atoms with Gasteiger partial charge in [0.15, 0.2) is 0 Å². The highest BCUT2D eigenvalue weighted by Gasteiger charge is 2.11. The third-order valence-corrected chi connectivity index (χ3v) is 5.59. The third kappa shape index (κ3) is 4.95. The summed E-state index contributed by atoms with van der Waals surface area (Å²) in [6.07, 6.45) is 6.75. The van der Waals surface area contributed by atoms with Crippen LogP contribution in [0.1, 0.15) is 21.6 Å². The van der Waals surface area contributed by atoms with Crippen molar-refractivity contribution in [2.75, 3.05) is 16.0 Å². The highest BCUT2D eigenvalue weighted by atomic mass is 16.1. The van der Waals surface area contributed by atoms with E-state index in [4.69, 9.17) is 0 Å². The van der Waals surface area contributed by atoms with Crippen LogP contribution in [0.5, 0.6) is 0 Å². The number of benzene rings is 2. The van der Waals surface area contributed by atoms with E-state index in [1.807, 2.05) is 49.4 Å². The molecule has 8 nitrogen and oxygen atoms in total. The number of pyridine rings is 3. The third-order valence-electron chi connectivity index (χ3n) is 5.59. The number of nitrogens with one attached hydrogen (secondary N) is 3. The molecule has 8 heteroatoms. The van der Waals surface area contributed by atoms with E-state index in [1.54, 1.807) is 49.1 Å². The van der Waals surface area contributed by atoms with Gasteiger partial charge >= 0.3 is 0 Å². The number of rotatable bonds is 6. The van der Waals surface area contributed by atoms with Crippen molar-refractivity contribution in [1.82, 2.24) is 15.0 Å². The molecule has 3 aromatic heterocycles. The number of nitriles is 1. The van der Waals surface area contributed by atoms with Crippen molar-refractivity contribution in [2.24, 2.45) is 0 Å². The average molecular weight is 472 g/mol. The molecule has 0 fully saturated rings. The van der Waals surface area contributed by atoms with Gasteiger partial charge in [0.25, 0.3) is 5.91 Å². The highest BCUT2D eigenvalue weighted by Crippen LogP contribution is 2.26. The summed E-state index contributed by atoms with van der Waals surface area (Å²) < 4.78 is 0. The number of fused-ring (bicyclic) bond motifs is 1. The van der Waals surface area contributed by atoms with Crippen LogP contribution in [0.3, 0.4) is 0 Å². The largest absolute Gasteiger partial charge is 0.355 e. The van der Waals surface area contributed by atoms with Crippen LogP contribution in [-0.2, 0) is 0 Å². The van der Waals surface area contributed by atoms with E-state index in [2.05, 4.69) is 37.0 Å². The fraction of sp³-hybridized carbons (Fsp3) is 0.0357. The smallest absolute Gasteiger partial charge is 0.274 e. The second kappa shape index (κ2) is 9.91. The molecule has 174 valence electrons. The summed E-state index contributed by atoms with van der Waals surface area (Å²) in [5.41, 5.74) is 6.62. The van der Waals surface area contributed by atoms with Crippen LogP contribution < -0.4 is 16.0 Å². The fourth-order valence-corrected chi connectivity index (χ4v) is 3.75. The first-order valence-corrected chi connectivity index (χ1v) is 11.2. The first-order valence-electron chi connectivity index (χ1n) is 11.2. The number of carbonyl (C=O) groups is 1. The number of aryl methyl sites for hydroxylation is 1. The van der Waals surface area contributed by atoms with Gasteiger partial charge in [-0.05, 0) is 79.2 Å². The van der Waals surface area contributed by atoms with Crippen molar-refractivity contribution in [3.63, 3.8) is 0 Å². The van der Waals surface area contributed by atoms with E-state index in [0.29, 0.717) is 22.6 Å². The van der Waals surface area contributed by atoms with Crippen molar-refractivity contribution < 1.29 is 4.79 Å². The number of aromatic nitrogens is 3. The SMILES string of the molecule is Cc1cc(Nc2ccncc2)ccc1NC(=O)c1ccc(Nc2ccnc3ccc(C#N)cc23)cn1. The van der Waals surface area contributed by atoms with Crippen LogP contribution in [-0.4, -0.2) is 20.9 Å². The molecule has 0 radical (unpaired) electrons. The Bertz CT molecular complexity index is 1590. The summed E-state index contributed by atoms with van der Waals surface area (Å²) in [7, 11) is 0. The minimum absolute atomic E-state index is 0.297. The molecule has 0 aliphatic rings. The van der Waals surface area contributed by atoms with Crippen molar-refractivity contribution in [3.8, 4) is 6.07 Å². The minimum atomic E-state index is -0.299. The monoisotopic (exact) mass is 471 g/mol. The average Bonchev–Trinajstić information content (AvgIpc) is 2.91. The van der Waals surface area contributed by atoms with Gasteiger partial charge in [0.1, 0.15) is 5.69 Å². The second-order valence-corrected chi connectivity index (χ2v) is 8.10. The van der Waals surface area contributed by atoms with Crippen LogP contribution in [0.15, 0.2) is 91.5 Å². The number of anilines is 5. The van der Waals surface area contributed by atoms with E-state index >= 15 is 0 Å². The summed E-state index contributed by atoms with van der Waals surface area (Å²) in [5, 5.41) is 19.6. The number of hydrogen-bond donors (Lipinski definition) is 3. The number of carbonyl (C=O) groups excluding carboxylic acids is 1. The first-order chi connectivity index (χ1) is 17.6. The van der Waals surface area contributed by atoms with Crippen LogP contribution >= 0.6 is 0 Å². The number of hydrogen-bond acceptors (Lipinski definition) is 7. The van der Waals surface area contributed by atoms with E-state index in [9.17, 15) is 10.1 Å². The fourth-order valence-electron chi connectivity index (χ4n) is 3.75. The Kier molecular flexibility index (Phi) is 6.19. The molecule has 0 spiro atoms. The molecule has 0 bridgehead atoms. The predicted octanol–water partition coefficient (Wildman–Crippen LogP) is 5.94. The molecule has 0 saturated carbocycles. The van der Waals surface area contributed by atoms with Crippen LogP contribution in [0.4, 0.5) is 28.4 Å². The lowest BCUT2D eigenvalue weighted by Crippen LogP contribution is -2.14. The number of nitrogens with zero attached hydrogens (tertiary/aromatic N) is 4. The topological polar surface area (TPSA) is 116 Å². The van der Waals surface area contributed by atoms with Gasteiger partial charge in [-0.15, -0.1) is 0 Å². The maximum absolute atomic E-state index is 12.8. The highest BCUT2D eigenvalue weighted by molar-refractivity contribution is 6.03. The van der Waals surface area contributed by atoms with Crippen LogP contribution in [0.2, 0.25) is 0 Å². The Morgan fingerprint density at radius 3 is 2.39 bits per heavy atom. The Morgan fingerprint density at radius 1 is 0.806 bits per heavy atom. The van der Waals surface area contributed by atoms with Gasteiger partial charge in [-0.25, -0.2) is 4.98 Å². The van der Waals surface area contributed by atoms with Crippen molar-refractivity contribution in [2.45, 2.75) is 6.92 Å². The Morgan fingerprint density at radius 2 is 1.64 bits per heavy atom. The first kappa shape index (κ1) is 22.5. The quantitative estimate of drug-likeness (QED) is 0.280. The minimum Gasteiger partial charge on any atom is -0.355 e. The standard InChI is InChI=1S/C28H21N7O/c1-18-14-21(33-20-8-11-30-12-9-20)3-6-24(18)35-28(36)27-7-4-22(17-32-27)34-26-10-13-31-25-5-2-19(16-29)15-23(25)26/h2-15,17H,1H3,(H,30,33)(H,31,34)(H,35,36). The molecular formula is C28H21N7O. The van der Waals surface area contributed by atoms with Crippen molar-refractivity contribution >= 4 is 45.2 Å². The molecule has 3 heterocycles. The summed E-state index contributed by atoms with van der Waals surface area (Å²) >= 11 is 0. The molecule has 3 N–H and O–H groups in total. The second-order valence-electron chi connectivity index (χ2n) is 8.10. The van der Waals surface area contributed by atoms with Gasteiger partial charge in [0.2, 0.25) is 0 Å². The van der Waals surface area contributed by atoms with Crippen LogP contribution in [0, 0.1) is 18.3 Å². The summed E-state index contributed by atoms with van der Waals surface area (Å²) in [6, 6.07) is 22.3. The molecule has 36 heavy (non-hydrogen) atoms. The predicted molar refractivity (Wildman–Crippen MR) is 141 cm³/mol. The number of amides is 1. The molecule has 0 saturated heterocycles. The van der Waals surface area contributed by atoms with Gasteiger partial charge in [-0.2, -0.15) is 5.26 Å². The summed E-state index contributed by atoms with van der Waals surface area (Å²) in [5.74, 6) is -0.299. The molecule has 0 unspecified atom stereocenters. The molecule has 0 aliphatic heterocycles. The molecule has 0 aliphatic carbocycles. The van der Waals surface area contributed by atoms with E-state index in [-0.39, 0.29) is 5.91 Å². The maximum Gasteiger partial charge on any atom is 0.274 e. The molecule has 5 aromatic rings.